The molecule has 0 bridgehead atoms. The molecule has 3 N–H and O–H groups in total. The summed E-state index contributed by atoms with van der Waals surface area (Å²) in [4.78, 5) is 78.6. The summed E-state index contributed by atoms with van der Waals surface area (Å²) in [5, 5.41) is 8.17. The molecule has 6 unspecified atom stereocenters. The minimum Gasteiger partial charge on any atom is -0.322 e. The fourth-order valence-electron chi connectivity index (χ4n) is 9.71. The van der Waals surface area contributed by atoms with Crippen molar-refractivity contribution < 1.29 is 28.8 Å². The van der Waals surface area contributed by atoms with Crippen molar-refractivity contribution in [2.75, 3.05) is 13.1 Å². The molecule has 6 aliphatic heterocycles. The van der Waals surface area contributed by atoms with E-state index in [0.29, 0.717) is 61.0 Å². The standard InChI is InChI=1S/C26H29N3O3.C19H23N3O3.ClH/c1-17-13-20(11-12-28(17)15-18-5-3-2-4-6-18)19-7-8-22-21(14-19)16-29(26(22)32)23-9-10-24(30)27-25(23)31;1-11-8-13(6-7-20-11)12-2-3-15-14(9-12)10-22(19(15)25)16-4-5-17(23)21-18(16)24;/h2-8,14,17,20,23H,9-13,15-16H2,1H3,(H,27,30,31);2-3,9,11,13,16,20H,4-8,10H2,1H3,(H,21,23,24);1H. The lowest BCUT2D eigenvalue weighted by molar-refractivity contribution is -0.138. The fourth-order valence-corrected chi connectivity index (χ4v) is 9.71. The first-order chi connectivity index (χ1) is 27.5. The molecule has 4 saturated heterocycles. The molecule has 6 heterocycles. The first kappa shape index (κ1) is 41.3. The summed E-state index contributed by atoms with van der Waals surface area (Å²) in [6, 6.07) is 22.8. The number of imide groups is 2. The minimum atomic E-state index is -0.558. The van der Waals surface area contributed by atoms with Gasteiger partial charge in [-0.25, -0.2) is 0 Å². The Morgan fingerprint density at radius 3 is 1.67 bits per heavy atom. The number of fused-ring (bicyclic) bond motifs is 2. The molecule has 4 fully saturated rings. The molecule has 6 atom stereocenters. The highest BCUT2D eigenvalue weighted by molar-refractivity contribution is 6.06. The molecule has 6 amide bonds. The SMILES string of the molecule is CC1CC(c2ccc3c(c2)CN(C2CCC(=O)NC2=O)C3=O)CCN1.CC1CC(c2ccc3c(c2)CN(C2CCC(=O)NC2=O)C3=O)CCN1Cc1ccccc1.Cl. The van der Waals surface area contributed by atoms with Gasteiger partial charge < -0.3 is 15.1 Å². The Hall–Kier alpha value is -4.91. The first-order valence-corrected chi connectivity index (χ1v) is 20.6. The molecule has 13 heteroatoms. The molecule has 9 rings (SSSR count). The van der Waals surface area contributed by atoms with Gasteiger partial charge >= 0.3 is 0 Å². The molecule has 3 aromatic carbocycles. The van der Waals surface area contributed by atoms with Crippen LogP contribution in [0.2, 0.25) is 0 Å². The smallest absolute Gasteiger partial charge is 0.255 e. The van der Waals surface area contributed by atoms with Crippen molar-refractivity contribution in [2.45, 2.75) is 121 Å². The van der Waals surface area contributed by atoms with E-state index >= 15 is 0 Å². The summed E-state index contributed by atoms with van der Waals surface area (Å²) in [6.07, 6.45) is 5.77. The van der Waals surface area contributed by atoms with Gasteiger partial charge in [0.15, 0.2) is 0 Å². The van der Waals surface area contributed by atoms with Gasteiger partial charge in [0.25, 0.3) is 11.8 Å². The maximum absolute atomic E-state index is 12.9. The normalized spacial score (nSPS) is 27.2. The second-order valence-corrected chi connectivity index (χ2v) is 16.7. The zero-order valence-electron chi connectivity index (χ0n) is 33.2. The van der Waals surface area contributed by atoms with Crippen molar-refractivity contribution in [3.63, 3.8) is 0 Å². The molecule has 6 aliphatic rings. The molecule has 306 valence electrons. The van der Waals surface area contributed by atoms with E-state index in [4.69, 9.17) is 0 Å². The third-order valence-electron chi connectivity index (χ3n) is 12.9. The highest BCUT2D eigenvalue weighted by Gasteiger charge is 2.41. The Morgan fingerprint density at radius 2 is 1.17 bits per heavy atom. The average molecular weight is 809 g/mol. The number of halogens is 1. The molecule has 12 nitrogen and oxygen atoms in total. The lowest BCUT2D eigenvalue weighted by Gasteiger charge is -2.38. The van der Waals surface area contributed by atoms with Crippen LogP contribution in [0.15, 0.2) is 66.7 Å². The molecular formula is C45H53ClN6O6. The van der Waals surface area contributed by atoms with Gasteiger partial charge in [0.2, 0.25) is 23.6 Å². The summed E-state index contributed by atoms with van der Waals surface area (Å²) in [5.74, 6) is -0.449. The predicted molar refractivity (Wildman–Crippen MR) is 220 cm³/mol. The van der Waals surface area contributed by atoms with Crippen LogP contribution in [0.1, 0.15) is 126 Å². The Kier molecular flexibility index (Phi) is 12.5. The molecular weight excluding hydrogens is 756 g/mol. The van der Waals surface area contributed by atoms with Gasteiger partial charge in [-0.1, -0.05) is 54.6 Å². The number of carbonyl (C=O) groups is 6. The largest absolute Gasteiger partial charge is 0.322 e. The van der Waals surface area contributed by atoms with E-state index in [1.165, 1.54) is 16.7 Å². The van der Waals surface area contributed by atoms with E-state index < -0.39 is 12.1 Å². The van der Waals surface area contributed by atoms with Gasteiger partial charge in [-0.05, 0) is 117 Å². The van der Waals surface area contributed by atoms with Crippen molar-refractivity contribution in [2.24, 2.45) is 0 Å². The van der Waals surface area contributed by atoms with Crippen LogP contribution < -0.4 is 16.0 Å². The van der Waals surface area contributed by atoms with Crippen molar-refractivity contribution in [1.29, 1.82) is 0 Å². The van der Waals surface area contributed by atoms with E-state index in [-0.39, 0.29) is 60.7 Å². The van der Waals surface area contributed by atoms with Gasteiger partial charge in [-0.15, -0.1) is 12.4 Å². The molecule has 0 saturated carbocycles. The van der Waals surface area contributed by atoms with Gasteiger partial charge in [0.1, 0.15) is 12.1 Å². The van der Waals surface area contributed by atoms with E-state index in [1.54, 1.807) is 9.80 Å². The van der Waals surface area contributed by atoms with Crippen molar-refractivity contribution >= 4 is 47.9 Å². The maximum atomic E-state index is 12.9. The van der Waals surface area contributed by atoms with Crippen molar-refractivity contribution in [3.05, 3.63) is 106 Å². The maximum Gasteiger partial charge on any atom is 0.255 e. The van der Waals surface area contributed by atoms with Crippen LogP contribution in [0.4, 0.5) is 0 Å². The number of benzene rings is 3. The van der Waals surface area contributed by atoms with Crippen LogP contribution in [-0.4, -0.2) is 87.4 Å². The number of nitrogens with one attached hydrogen (secondary N) is 3. The van der Waals surface area contributed by atoms with Crippen LogP contribution in [0.3, 0.4) is 0 Å². The second kappa shape index (κ2) is 17.5. The Labute approximate surface area is 345 Å². The van der Waals surface area contributed by atoms with E-state index in [2.05, 4.69) is 89.3 Å². The summed E-state index contributed by atoms with van der Waals surface area (Å²) in [7, 11) is 0. The second-order valence-electron chi connectivity index (χ2n) is 16.7. The highest BCUT2D eigenvalue weighted by atomic mass is 35.5. The third kappa shape index (κ3) is 8.60. The topological polar surface area (TPSA) is 148 Å². The van der Waals surface area contributed by atoms with Crippen LogP contribution in [0, 0.1) is 0 Å². The zero-order chi connectivity index (χ0) is 39.8. The predicted octanol–water partition coefficient (Wildman–Crippen LogP) is 4.94. The highest BCUT2D eigenvalue weighted by Crippen LogP contribution is 2.37. The van der Waals surface area contributed by atoms with E-state index in [1.807, 2.05) is 12.1 Å². The number of hydrogen-bond donors (Lipinski definition) is 3. The number of likely N-dealkylation sites (tertiary alicyclic amines) is 1. The lowest BCUT2D eigenvalue weighted by Crippen LogP contribution is -2.52. The van der Waals surface area contributed by atoms with Gasteiger partial charge in [0, 0.05) is 55.7 Å². The van der Waals surface area contributed by atoms with Gasteiger partial charge in [-0.3, -0.25) is 44.3 Å². The first-order valence-electron chi connectivity index (χ1n) is 20.6. The Balaban J connectivity index is 0.000000179. The lowest BCUT2D eigenvalue weighted by atomic mass is 9.84. The van der Waals surface area contributed by atoms with Crippen LogP contribution in [0.5, 0.6) is 0 Å². The number of nitrogens with zero attached hydrogens (tertiary/aromatic N) is 3. The van der Waals surface area contributed by atoms with Gasteiger partial charge in [-0.2, -0.15) is 0 Å². The number of carbonyl (C=O) groups excluding carboxylic acids is 6. The van der Waals surface area contributed by atoms with Crippen molar-refractivity contribution in [1.82, 2.24) is 30.7 Å². The molecule has 0 radical (unpaired) electrons. The van der Waals surface area contributed by atoms with Gasteiger partial charge in [0.05, 0.1) is 0 Å². The quantitative estimate of drug-likeness (QED) is 0.297. The number of rotatable bonds is 6. The molecule has 58 heavy (non-hydrogen) atoms. The summed E-state index contributed by atoms with van der Waals surface area (Å²) in [5.41, 5.74) is 7.29. The fraction of sp³-hybridized carbons (Fsp3) is 0.467. The molecule has 0 aromatic heterocycles. The van der Waals surface area contributed by atoms with Crippen LogP contribution in [-0.2, 0) is 38.8 Å². The number of piperidine rings is 4. The minimum absolute atomic E-state index is 0. The monoisotopic (exact) mass is 808 g/mol. The number of hydrogen-bond acceptors (Lipinski definition) is 8. The molecule has 0 aliphatic carbocycles. The molecule has 3 aromatic rings. The van der Waals surface area contributed by atoms with E-state index in [0.717, 1.165) is 56.4 Å². The van der Waals surface area contributed by atoms with Crippen LogP contribution in [0.25, 0.3) is 0 Å². The molecule has 0 spiro atoms. The van der Waals surface area contributed by atoms with Crippen molar-refractivity contribution in [3.8, 4) is 0 Å². The Morgan fingerprint density at radius 1 is 0.638 bits per heavy atom. The van der Waals surface area contributed by atoms with E-state index in [9.17, 15) is 28.8 Å². The summed E-state index contributed by atoms with van der Waals surface area (Å²) >= 11 is 0. The summed E-state index contributed by atoms with van der Waals surface area (Å²) < 4.78 is 0. The zero-order valence-corrected chi connectivity index (χ0v) is 34.0. The Bertz CT molecular complexity index is 2090. The summed E-state index contributed by atoms with van der Waals surface area (Å²) in [6.45, 7) is 8.45. The number of amides is 6. The third-order valence-corrected chi connectivity index (χ3v) is 12.9. The van der Waals surface area contributed by atoms with Crippen LogP contribution >= 0.6 is 12.4 Å². The average Bonchev–Trinajstić information content (AvgIpc) is 3.71.